The first-order chi connectivity index (χ1) is 14.1. The van der Waals surface area contributed by atoms with Crippen molar-refractivity contribution in [1.82, 2.24) is 20.2 Å². The van der Waals surface area contributed by atoms with Crippen molar-refractivity contribution in [3.63, 3.8) is 0 Å². The predicted octanol–water partition coefficient (Wildman–Crippen LogP) is 3.54. The third-order valence-corrected chi connectivity index (χ3v) is 4.45. The van der Waals surface area contributed by atoms with Crippen LogP contribution in [0.4, 0.5) is 5.82 Å². The van der Waals surface area contributed by atoms with Gasteiger partial charge in [0.05, 0.1) is 17.6 Å². The molecule has 2 aromatic heterocycles. The maximum atomic E-state index is 12.6. The van der Waals surface area contributed by atoms with E-state index in [9.17, 15) is 4.79 Å². The molecule has 0 saturated heterocycles. The Balaban J connectivity index is 1.45. The van der Waals surface area contributed by atoms with Crippen molar-refractivity contribution in [2.75, 3.05) is 25.6 Å². The maximum Gasteiger partial charge on any atom is 0.256 e. The molecule has 4 aromatic rings. The lowest BCUT2D eigenvalue weighted by Crippen LogP contribution is -2.13. The zero-order chi connectivity index (χ0) is 20.2. The number of hydrogen-bond donors (Lipinski definition) is 3. The van der Waals surface area contributed by atoms with Gasteiger partial charge in [-0.1, -0.05) is 12.1 Å². The molecular formula is C21H21N5O3. The van der Waals surface area contributed by atoms with Gasteiger partial charge in [0, 0.05) is 18.7 Å². The molecule has 1 amide bonds. The number of fused-ring (bicyclic) bond motifs is 1. The van der Waals surface area contributed by atoms with Crippen LogP contribution in [0.1, 0.15) is 15.9 Å². The van der Waals surface area contributed by atoms with Gasteiger partial charge in [0.1, 0.15) is 18.1 Å². The molecule has 0 bridgehead atoms. The quantitative estimate of drug-likeness (QED) is 0.418. The fourth-order valence-corrected chi connectivity index (χ4v) is 2.96. The fourth-order valence-electron chi connectivity index (χ4n) is 2.96. The van der Waals surface area contributed by atoms with E-state index in [1.54, 1.807) is 31.4 Å². The summed E-state index contributed by atoms with van der Waals surface area (Å²) in [7, 11) is 1.62. The first-order valence-electron chi connectivity index (χ1n) is 9.18. The second-order valence-electron chi connectivity index (χ2n) is 6.55. The number of imidazole rings is 1. The highest BCUT2D eigenvalue weighted by Gasteiger charge is 2.13. The van der Waals surface area contributed by atoms with E-state index in [0.717, 1.165) is 22.3 Å². The first-order valence-corrected chi connectivity index (χ1v) is 9.18. The van der Waals surface area contributed by atoms with Crippen molar-refractivity contribution in [2.45, 2.75) is 6.92 Å². The number of nitrogens with zero attached hydrogens (tertiary/aromatic N) is 2. The second-order valence-corrected chi connectivity index (χ2v) is 6.55. The standard InChI is InChI=1S/C21H21N5O3/c1-13-11-14(7-8-18(13)29-10-9-28-2)21(27)24-19-12-17(25-26-19)20-22-15-5-3-4-6-16(15)23-20/h3-8,11-12H,9-10H2,1-2H3,(H,22,23)(H2,24,25,26,27). The highest BCUT2D eigenvalue weighted by molar-refractivity contribution is 6.04. The number of methoxy groups -OCH3 is 1. The number of carbonyl (C=O) groups excluding carboxylic acids is 1. The highest BCUT2D eigenvalue weighted by atomic mass is 16.5. The summed E-state index contributed by atoms with van der Waals surface area (Å²) >= 11 is 0. The summed E-state index contributed by atoms with van der Waals surface area (Å²) in [4.78, 5) is 20.3. The minimum absolute atomic E-state index is 0.251. The largest absolute Gasteiger partial charge is 0.491 e. The summed E-state index contributed by atoms with van der Waals surface area (Å²) in [6.07, 6.45) is 0. The number of anilines is 1. The van der Waals surface area contributed by atoms with E-state index >= 15 is 0 Å². The molecule has 8 heteroatoms. The molecular weight excluding hydrogens is 370 g/mol. The van der Waals surface area contributed by atoms with Crippen LogP contribution in [0.15, 0.2) is 48.5 Å². The number of amides is 1. The van der Waals surface area contributed by atoms with Crippen molar-refractivity contribution in [2.24, 2.45) is 0 Å². The monoisotopic (exact) mass is 391 g/mol. The molecule has 0 spiro atoms. The molecule has 148 valence electrons. The number of aromatic amines is 2. The summed E-state index contributed by atoms with van der Waals surface area (Å²) in [5.74, 6) is 1.56. The maximum absolute atomic E-state index is 12.6. The molecule has 0 fully saturated rings. The molecule has 0 aliphatic carbocycles. The molecule has 8 nitrogen and oxygen atoms in total. The third kappa shape index (κ3) is 4.12. The number of hydrogen-bond acceptors (Lipinski definition) is 5. The van der Waals surface area contributed by atoms with Gasteiger partial charge in [-0.15, -0.1) is 0 Å². The number of aromatic nitrogens is 4. The van der Waals surface area contributed by atoms with Crippen LogP contribution in [0.2, 0.25) is 0 Å². The Labute approximate surface area is 167 Å². The molecule has 0 aliphatic rings. The van der Waals surface area contributed by atoms with Gasteiger partial charge in [0.2, 0.25) is 0 Å². The molecule has 4 rings (SSSR count). The first kappa shape index (κ1) is 18.7. The van der Waals surface area contributed by atoms with Gasteiger partial charge in [-0.3, -0.25) is 9.89 Å². The molecule has 0 atom stereocenters. The SMILES string of the molecule is COCCOc1ccc(C(=O)Nc2cc(-c3nc4ccccc4[nH]3)[nH]n2)cc1C. The summed E-state index contributed by atoms with van der Waals surface area (Å²) in [6, 6.07) is 14.8. The fraction of sp³-hybridized carbons (Fsp3) is 0.190. The van der Waals surface area contributed by atoms with Crippen molar-refractivity contribution in [1.29, 1.82) is 0 Å². The summed E-state index contributed by atoms with van der Waals surface area (Å²) in [6.45, 7) is 2.86. The van der Waals surface area contributed by atoms with E-state index in [-0.39, 0.29) is 5.91 Å². The van der Waals surface area contributed by atoms with E-state index in [0.29, 0.717) is 36.1 Å². The topological polar surface area (TPSA) is 105 Å². The zero-order valence-electron chi connectivity index (χ0n) is 16.2. The summed E-state index contributed by atoms with van der Waals surface area (Å²) < 4.78 is 10.6. The van der Waals surface area contributed by atoms with Crippen LogP contribution >= 0.6 is 0 Å². The Bertz CT molecular complexity index is 1120. The van der Waals surface area contributed by atoms with E-state index in [1.165, 1.54) is 0 Å². The van der Waals surface area contributed by atoms with Crippen LogP contribution in [-0.2, 0) is 4.74 Å². The lowest BCUT2D eigenvalue weighted by Gasteiger charge is -2.10. The Morgan fingerprint density at radius 2 is 2.00 bits per heavy atom. The van der Waals surface area contributed by atoms with Gasteiger partial charge in [-0.25, -0.2) is 4.98 Å². The summed E-state index contributed by atoms with van der Waals surface area (Å²) in [5.41, 5.74) is 3.89. The highest BCUT2D eigenvalue weighted by Crippen LogP contribution is 2.22. The van der Waals surface area contributed by atoms with Gasteiger partial charge in [-0.05, 0) is 42.8 Å². The Kier molecular flexibility index (Phi) is 5.26. The van der Waals surface area contributed by atoms with Gasteiger partial charge >= 0.3 is 0 Å². The molecule has 0 aliphatic heterocycles. The summed E-state index contributed by atoms with van der Waals surface area (Å²) in [5, 5.41) is 9.86. The predicted molar refractivity (Wildman–Crippen MR) is 110 cm³/mol. The van der Waals surface area contributed by atoms with E-state index in [1.807, 2.05) is 31.2 Å². The lowest BCUT2D eigenvalue weighted by molar-refractivity contribution is 0.102. The number of nitrogens with one attached hydrogen (secondary N) is 3. The van der Waals surface area contributed by atoms with Crippen LogP contribution in [0.3, 0.4) is 0 Å². The molecule has 0 unspecified atom stereocenters. The van der Waals surface area contributed by atoms with Gasteiger partial charge in [0.15, 0.2) is 11.6 Å². The Morgan fingerprint density at radius 1 is 1.14 bits per heavy atom. The Hall–Kier alpha value is -3.65. The minimum Gasteiger partial charge on any atom is -0.491 e. The number of carbonyl (C=O) groups is 1. The van der Waals surface area contributed by atoms with Crippen LogP contribution in [-0.4, -0.2) is 46.4 Å². The second kappa shape index (κ2) is 8.15. The number of benzene rings is 2. The Morgan fingerprint density at radius 3 is 2.79 bits per heavy atom. The average molecular weight is 391 g/mol. The average Bonchev–Trinajstić information content (AvgIpc) is 3.36. The zero-order valence-corrected chi connectivity index (χ0v) is 16.2. The van der Waals surface area contributed by atoms with Gasteiger partial charge in [0.25, 0.3) is 5.91 Å². The van der Waals surface area contributed by atoms with Crippen molar-refractivity contribution in [3.05, 3.63) is 59.7 Å². The van der Waals surface area contributed by atoms with Crippen LogP contribution in [0.5, 0.6) is 5.75 Å². The molecule has 2 aromatic carbocycles. The molecule has 0 radical (unpaired) electrons. The lowest BCUT2D eigenvalue weighted by atomic mass is 10.1. The molecule has 2 heterocycles. The number of H-pyrrole nitrogens is 2. The van der Waals surface area contributed by atoms with Crippen LogP contribution < -0.4 is 10.1 Å². The number of para-hydroxylation sites is 2. The molecule has 29 heavy (non-hydrogen) atoms. The van der Waals surface area contributed by atoms with Gasteiger partial charge < -0.3 is 19.8 Å². The van der Waals surface area contributed by atoms with Crippen LogP contribution in [0, 0.1) is 6.92 Å². The van der Waals surface area contributed by atoms with Crippen LogP contribution in [0.25, 0.3) is 22.6 Å². The van der Waals surface area contributed by atoms with E-state index in [2.05, 4.69) is 25.5 Å². The van der Waals surface area contributed by atoms with E-state index in [4.69, 9.17) is 9.47 Å². The van der Waals surface area contributed by atoms with Crippen molar-refractivity contribution in [3.8, 4) is 17.3 Å². The number of aryl methyl sites for hydroxylation is 1. The normalized spacial score (nSPS) is 11.0. The van der Waals surface area contributed by atoms with E-state index < -0.39 is 0 Å². The molecule has 3 N–H and O–H groups in total. The number of rotatable bonds is 7. The van der Waals surface area contributed by atoms with Crippen molar-refractivity contribution >= 4 is 22.8 Å². The van der Waals surface area contributed by atoms with Crippen molar-refractivity contribution < 1.29 is 14.3 Å². The molecule has 0 saturated carbocycles. The smallest absolute Gasteiger partial charge is 0.256 e. The van der Waals surface area contributed by atoms with Gasteiger partial charge in [-0.2, -0.15) is 5.10 Å². The third-order valence-electron chi connectivity index (χ3n) is 4.45. The number of ether oxygens (including phenoxy) is 2. The minimum atomic E-state index is -0.251.